The first-order chi connectivity index (χ1) is 11.0. The van der Waals surface area contributed by atoms with Gasteiger partial charge in [0.2, 0.25) is 5.24 Å². The van der Waals surface area contributed by atoms with Crippen LogP contribution in [0.15, 0.2) is 59.5 Å². The number of rotatable bonds is 7. The lowest BCUT2D eigenvalue weighted by atomic mass is 10.3. The van der Waals surface area contributed by atoms with Gasteiger partial charge in [0.1, 0.15) is 12.3 Å². The minimum absolute atomic E-state index is 0.0734. The molecule has 0 aliphatic heterocycles. The Labute approximate surface area is 140 Å². The standard InChI is InChI=1S/C16H16ClNO4S/c1-2-22-15-11-7-6-10-14(15)18(12-16(17)19)23(20,21)13-8-4-3-5-9-13/h3-11H,2,12H2,1H3. The number of hydrogen-bond acceptors (Lipinski definition) is 4. The average molecular weight is 354 g/mol. The summed E-state index contributed by atoms with van der Waals surface area (Å²) in [5.41, 5.74) is 0.271. The molecule has 23 heavy (non-hydrogen) atoms. The van der Waals surface area contributed by atoms with E-state index in [1.165, 1.54) is 12.1 Å². The number of carbonyl (C=O) groups is 1. The van der Waals surface area contributed by atoms with Gasteiger partial charge in [-0.1, -0.05) is 30.3 Å². The average Bonchev–Trinajstić information content (AvgIpc) is 2.54. The van der Waals surface area contributed by atoms with Crippen molar-refractivity contribution in [2.24, 2.45) is 0 Å². The summed E-state index contributed by atoms with van der Waals surface area (Å²) < 4.78 is 32.2. The molecule has 0 amide bonds. The van der Waals surface area contributed by atoms with E-state index in [0.29, 0.717) is 12.4 Å². The van der Waals surface area contributed by atoms with E-state index in [-0.39, 0.29) is 10.6 Å². The van der Waals surface area contributed by atoms with Gasteiger partial charge in [-0.2, -0.15) is 0 Å². The summed E-state index contributed by atoms with van der Waals surface area (Å²) in [4.78, 5) is 11.5. The molecule has 0 unspecified atom stereocenters. The van der Waals surface area contributed by atoms with Gasteiger partial charge in [-0.3, -0.25) is 9.10 Å². The van der Waals surface area contributed by atoms with Crippen LogP contribution in [0, 0.1) is 0 Å². The molecule has 2 aromatic rings. The smallest absolute Gasteiger partial charge is 0.264 e. The van der Waals surface area contributed by atoms with Crippen molar-refractivity contribution in [2.45, 2.75) is 11.8 Å². The maximum Gasteiger partial charge on any atom is 0.264 e. The number of hydrogen-bond donors (Lipinski definition) is 0. The first-order valence-electron chi connectivity index (χ1n) is 6.94. The van der Waals surface area contributed by atoms with E-state index in [1.54, 1.807) is 49.4 Å². The lowest BCUT2D eigenvalue weighted by molar-refractivity contribution is -0.110. The minimum atomic E-state index is -3.94. The molecule has 0 atom stereocenters. The fraction of sp³-hybridized carbons (Fsp3) is 0.188. The predicted molar refractivity (Wildman–Crippen MR) is 89.4 cm³/mol. The van der Waals surface area contributed by atoms with Gasteiger partial charge in [-0.25, -0.2) is 8.42 Å². The predicted octanol–water partition coefficient (Wildman–Crippen LogP) is 3.05. The van der Waals surface area contributed by atoms with E-state index in [0.717, 1.165) is 4.31 Å². The zero-order valence-electron chi connectivity index (χ0n) is 12.5. The Morgan fingerprint density at radius 3 is 2.30 bits per heavy atom. The summed E-state index contributed by atoms with van der Waals surface area (Å²) in [7, 11) is -3.94. The lowest BCUT2D eigenvalue weighted by Crippen LogP contribution is -2.34. The van der Waals surface area contributed by atoms with Crippen LogP contribution >= 0.6 is 11.6 Å². The molecule has 7 heteroatoms. The van der Waals surface area contributed by atoms with Crippen LogP contribution in [0.2, 0.25) is 0 Å². The van der Waals surface area contributed by atoms with E-state index in [1.807, 2.05) is 0 Å². The third kappa shape index (κ3) is 4.03. The van der Waals surface area contributed by atoms with Gasteiger partial charge in [-0.15, -0.1) is 0 Å². The van der Waals surface area contributed by atoms with Crippen LogP contribution in [-0.4, -0.2) is 26.8 Å². The van der Waals surface area contributed by atoms with Crippen LogP contribution < -0.4 is 9.04 Å². The quantitative estimate of drug-likeness (QED) is 0.718. The van der Waals surface area contributed by atoms with Gasteiger partial charge in [0, 0.05) is 0 Å². The van der Waals surface area contributed by atoms with Gasteiger partial charge in [0.25, 0.3) is 10.0 Å². The molecular weight excluding hydrogens is 338 g/mol. The second kappa shape index (κ2) is 7.48. The minimum Gasteiger partial charge on any atom is -0.492 e. The van der Waals surface area contributed by atoms with Crippen molar-refractivity contribution in [3.05, 3.63) is 54.6 Å². The zero-order valence-corrected chi connectivity index (χ0v) is 14.0. The first kappa shape index (κ1) is 17.3. The maximum absolute atomic E-state index is 12.9. The molecule has 5 nitrogen and oxygen atoms in total. The Morgan fingerprint density at radius 2 is 1.70 bits per heavy atom. The topological polar surface area (TPSA) is 63.7 Å². The highest BCUT2D eigenvalue weighted by Gasteiger charge is 2.28. The molecule has 0 fully saturated rings. The van der Waals surface area contributed by atoms with Crippen molar-refractivity contribution in [3.63, 3.8) is 0 Å². The Morgan fingerprint density at radius 1 is 1.09 bits per heavy atom. The van der Waals surface area contributed by atoms with Gasteiger partial charge in [-0.05, 0) is 42.8 Å². The van der Waals surface area contributed by atoms with Crippen molar-refractivity contribution in [1.29, 1.82) is 0 Å². The number of nitrogens with zero attached hydrogens (tertiary/aromatic N) is 1. The largest absolute Gasteiger partial charge is 0.492 e. The normalized spacial score (nSPS) is 11.0. The molecule has 0 saturated carbocycles. The molecule has 122 valence electrons. The van der Waals surface area contributed by atoms with E-state index in [9.17, 15) is 13.2 Å². The fourth-order valence-corrected chi connectivity index (χ4v) is 3.72. The highest BCUT2D eigenvalue weighted by Crippen LogP contribution is 2.32. The van der Waals surface area contributed by atoms with Crippen LogP contribution in [0.4, 0.5) is 5.69 Å². The van der Waals surface area contributed by atoms with Gasteiger partial charge in [0.15, 0.2) is 0 Å². The number of anilines is 1. The van der Waals surface area contributed by atoms with Crippen molar-refractivity contribution >= 4 is 32.6 Å². The molecule has 0 saturated heterocycles. The van der Waals surface area contributed by atoms with Crippen LogP contribution in [0.25, 0.3) is 0 Å². The SMILES string of the molecule is CCOc1ccccc1N(CC(=O)Cl)S(=O)(=O)c1ccccc1. The molecule has 2 rings (SSSR count). The van der Waals surface area contributed by atoms with Crippen molar-refractivity contribution < 1.29 is 17.9 Å². The molecule has 0 bridgehead atoms. The highest BCUT2D eigenvalue weighted by atomic mass is 35.5. The van der Waals surface area contributed by atoms with E-state index < -0.39 is 21.8 Å². The molecule has 0 aromatic heterocycles. The van der Waals surface area contributed by atoms with Gasteiger partial charge < -0.3 is 4.74 Å². The summed E-state index contributed by atoms with van der Waals surface area (Å²) in [5, 5.41) is -0.782. The second-order valence-corrected chi connectivity index (χ2v) is 6.86. The molecule has 0 aliphatic carbocycles. The van der Waals surface area contributed by atoms with Crippen LogP contribution in [0.3, 0.4) is 0 Å². The summed E-state index contributed by atoms with van der Waals surface area (Å²) >= 11 is 5.46. The molecule has 0 heterocycles. The third-order valence-electron chi connectivity index (χ3n) is 3.03. The van der Waals surface area contributed by atoms with Crippen LogP contribution in [0.5, 0.6) is 5.75 Å². The van der Waals surface area contributed by atoms with E-state index in [2.05, 4.69) is 0 Å². The summed E-state index contributed by atoms with van der Waals surface area (Å²) in [5.74, 6) is 0.368. The summed E-state index contributed by atoms with van der Waals surface area (Å²) in [6.07, 6.45) is 0. The molecule has 2 aromatic carbocycles. The Kier molecular flexibility index (Phi) is 5.63. The van der Waals surface area contributed by atoms with Crippen molar-refractivity contribution in [2.75, 3.05) is 17.5 Å². The van der Waals surface area contributed by atoms with E-state index in [4.69, 9.17) is 16.3 Å². The Balaban J connectivity index is 2.57. The number of sulfonamides is 1. The number of carbonyl (C=O) groups excluding carboxylic acids is 1. The monoisotopic (exact) mass is 353 g/mol. The lowest BCUT2D eigenvalue weighted by Gasteiger charge is -2.24. The fourth-order valence-electron chi connectivity index (χ4n) is 2.07. The molecule has 0 N–H and O–H groups in total. The van der Waals surface area contributed by atoms with Gasteiger partial charge in [0.05, 0.1) is 17.2 Å². The molecule has 0 radical (unpaired) electrons. The highest BCUT2D eigenvalue weighted by molar-refractivity contribution is 7.92. The number of halogens is 1. The van der Waals surface area contributed by atoms with Crippen molar-refractivity contribution in [3.8, 4) is 5.75 Å². The summed E-state index contributed by atoms with van der Waals surface area (Å²) in [6.45, 7) is 1.67. The number of ether oxygens (including phenoxy) is 1. The Hall–Kier alpha value is -2.05. The van der Waals surface area contributed by atoms with Crippen LogP contribution in [-0.2, 0) is 14.8 Å². The number of benzene rings is 2. The number of para-hydroxylation sites is 2. The first-order valence-corrected chi connectivity index (χ1v) is 8.76. The van der Waals surface area contributed by atoms with Gasteiger partial charge >= 0.3 is 0 Å². The molecular formula is C16H16ClNO4S. The maximum atomic E-state index is 12.9. The zero-order chi connectivity index (χ0) is 16.9. The van der Waals surface area contributed by atoms with Crippen molar-refractivity contribution in [1.82, 2.24) is 0 Å². The molecule has 0 aliphatic rings. The Bertz CT molecular complexity index is 778. The second-order valence-electron chi connectivity index (χ2n) is 4.58. The van der Waals surface area contributed by atoms with Crippen LogP contribution in [0.1, 0.15) is 6.92 Å². The third-order valence-corrected chi connectivity index (χ3v) is 4.93. The summed E-state index contributed by atoms with van der Waals surface area (Å²) in [6, 6.07) is 14.5. The van der Waals surface area contributed by atoms with E-state index >= 15 is 0 Å². The molecule has 0 spiro atoms.